The zero-order chi connectivity index (χ0) is 17.6. The van der Waals surface area contributed by atoms with Crippen LogP contribution in [0, 0.1) is 13.8 Å². The molecule has 1 amide bonds. The maximum atomic E-state index is 12.5. The molecule has 25 heavy (non-hydrogen) atoms. The Balaban J connectivity index is 1.74. The second-order valence-electron chi connectivity index (χ2n) is 6.05. The van der Waals surface area contributed by atoms with E-state index in [0.29, 0.717) is 6.42 Å². The highest BCUT2D eigenvalue weighted by atomic mass is 32.1. The zero-order valence-corrected chi connectivity index (χ0v) is 15.2. The van der Waals surface area contributed by atoms with Crippen molar-refractivity contribution in [2.24, 2.45) is 0 Å². The highest BCUT2D eigenvalue weighted by Crippen LogP contribution is 2.22. The molecule has 0 saturated carbocycles. The molecule has 4 nitrogen and oxygen atoms in total. The fourth-order valence-electron chi connectivity index (χ4n) is 2.70. The highest BCUT2D eigenvalue weighted by molar-refractivity contribution is 7.09. The number of hydrogen-bond acceptors (Lipinski definition) is 4. The minimum absolute atomic E-state index is 0.0372. The lowest BCUT2D eigenvalue weighted by Gasteiger charge is -2.20. The number of aryl methyl sites for hydroxylation is 3. The fourth-order valence-corrected chi connectivity index (χ4v) is 3.48. The van der Waals surface area contributed by atoms with Gasteiger partial charge in [-0.15, -0.1) is 11.3 Å². The Morgan fingerprint density at radius 1 is 1.08 bits per heavy atom. The van der Waals surface area contributed by atoms with E-state index in [1.807, 2.05) is 24.6 Å². The van der Waals surface area contributed by atoms with Gasteiger partial charge in [0.05, 0.1) is 17.2 Å². The van der Waals surface area contributed by atoms with Crippen molar-refractivity contribution in [3.63, 3.8) is 0 Å². The van der Waals surface area contributed by atoms with E-state index in [9.17, 15) is 4.79 Å². The minimum atomic E-state index is -0.168. The van der Waals surface area contributed by atoms with E-state index in [-0.39, 0.29) is 11.9 Å². The summed E-state index contributed by atoms with van der Waals surface area (Å²) >= 11 is 1.61. The SMILES string of the molecule is Cc1ccc([C@@H](NC(=O)CCc2scnc2C)c2ccncc2)cc1. The van der Waals surface area contributed by atoms with Gasteiger partial charge in [0.25, 0.3) is 0 Å². The van der Waals surface area contributed by atoms with Gasteiger partial charge in [-0.2, -0.15) is 0 Å². The second-order valence-corrected chi connectivity index (χ2v) is 6.99. The first-order valence-electron chi connectivity index (χ1n) is 8.28. The molecule has 1 atom stereocenters. The van der Waals surface area contributed by atoms with Crippen molar-refractivity contribution in [3.8, 4) is 0 Å². The average molecular weight is 351 g/mol. The van der Waals surface area contributed by atoms with Crippen LogP contribution in [0.3, 0.4) is 0 Å². The van der Waals surface area contributed by atoms with Gasteiger partial charge in [0.2, 0.25) is 5.91 Å². The number of carbonyl (C=O) groups excluding carboxylic acids is 1. The Morgan fingerprint density at radius 3 is 2.40 bits per heavy atom. The quantitative estimate of drug-likeness (QED) is 0.730. The normalized spacial score (nSPS) is 11.9. The molecule has 0 aliphatic heterocycles. The Labute approximate surface area is 152 Å². The Kier molecular flexibility index (Phi) is 5.56. The summed E-state index contributed by atoms with van der Waals surface area (Å²) in [5, 5.41) is 3.17. The van der Waals surface area contributed by atoms with E-state index in [0.717, 1.165) is 23.2 Å². The van der Waals surface area contributed by atoms with Crippen LogP contribution in [0.15, 0.2) is 54.3 Å². The van der Waals surface area contributed by atoms with Crippen LogP contribution in [0.1, 0.15) is 39.7 Å². The van der Waals surface area contributed by atoms with Crippen LogP contribution < -0.4 is 5.32 Å². The van der Waals surface area contributed by atoms with Crippen LogP contribution >= 0.6 is 11.3 Å². The van der Waals surface area contributed by atoms with Crippen molar-refractivity contribution in [2.45, 2.75) is 32.7 Å². The van der Waals surface area contributed by atoms with Crippen LogP contribution in [-0.2, 0) is 11.2 Å². The fraction of sp³-hybridized carbons (Fsp3) is 0.250. The molecule has 3 rings (SSSR count). The van der Waals surface area contributed by atoms with Gasteiger partial charge in [0.15, 0.2) is 0 Å². The van der Waals surface area contributed by atoms with E-state index in [2.05, 4.69) is 46.5 Å². The number of rotatable bonds is 6. The molecule has 0 bridgehead atoms. The third-order valence-electron chi connectivity index (χ3n) is 4.18. The third-order valence-corrected chi connectivity index (χ3v) is 5.17. The van der Waals surface area contributed by atoms with Gasteiger partial charge in [-0.05, 0) is 43.5 Å². The summed E-state index contributed by atoms with van der Waals surface area (Å²) in [5.74, 6) is 0.0372. The molecule has 0 aliphatic rings. The van der Waals surface area contributed by atoms with Crippen molar-refractivity contribution in [2.75, 3.05) is 0 Å². The monoisotopic (exact) mass is 351 g/mol. The maximum absolute atomic E-state index is 12.5. The third kappa shape index (κ3) is 4.51. The van der Waals surface area contributed by atoms with E-state index >= 15 is 0 Å². The molecule has 5 heteroatoms. The molecule has 2 aromatic heterocycles. The molecule has 3 aromatic rings. The molecule has 0 fully saturated rings. The van der Waals surface area contributed by atoms with Gasteiger partial charge in [-0.3, -0.25) is 9.78 Å². The lowest BCUT2D eigenvalue weighted by Crippen LogP contribution is -2.29. The molecule has 0 aliphatic carbocycles. The van der Waals surface area contributed by atoms with E-state index in [1.54, 1.807) is 23.7 Å². The number of carbonyl (C=O) groups is 1. The summed E-state index contributed by atoms with van der Waals surface area (Å²) in [4.78, 5) is 22.0. The highest BCUT2D eigenvalue weighted by Gasteiger charge is 2.17. The van der Waals surface area contributed by atoms with E-state index < -0.39 is 0 Å². The molecule has 0 radical (unpaired) electrons. The van der Waals surface area contributed by atoms with Gasteiger partial charge in [-0.1, -0.05) is 29.8 Å². The first-order chi connectivity index (χ1) is 12.1. The van der Waals surface area contributed by atoms with Gasteiger partial charge in [-0.25, -0.2) is 4.98 Å². The zero-order valence-electron chi connectivity index (χ0n) is 14.4. The van der Waals surface area contributed by atoms with Crippen molar-refractivity contribution in [1.82, 2.24) is 15.3 Å². The molecule has 128 valence electrons. The predicted octanol–water partition coefficient (Wildman–Crippen LogP) is 3.99. The Bertz CT molecular complexity index is 828. The van der Waals surface area contributed by atoms with Crippen LogP contribution in [0.2, 0.25) is 0 Å². The Hall–Kier alpha value is -2.53. The van der Waals surface area contributed by atoms with Crippen molar-refractivity contribution in [3.05, 3.63) is 81.6 Å². The summed E-state index contributed by atoms with van der Waals surface area (Å²) in [7, 11) is 0. The maximum Gasteiger partial charge on any atom is 0.221 e. The first-order valence-corrected chi connectivity index (χ1v) is 9.16. The average Bonchev–Trinajstić information content (AvgIpc) is 3.04. The summed E-state index contributed by atoms with van der Waals surface area (Å²) in [6.07, 6.45) is 4.68. The van der Waals surface area contributed by atoms with Crippen LogP contribution in [0.5, 0.6) is 0 Å². The summed E-state index contributed by atoms with van der Waals surface area (Å²) in [6.45, 7) is 4.04. The molecule has 1 N–H and O–H groups in total. The largest absolute Gasteiger partial charge is 0.345 e. The second kappa shape index (κ2) is 8.03. The first kappa shape index (κ1) is 17.3. The summed E-state index contributed by atoms with van der Waals surface area (Å²) in [5.41, 5.74) is 6.14. The number of benzene rings is 1. The number of nitrogens with zero attached hydrogens (tertiary/aromatic N) is 2. The molecule has 0 spiro atoms. The smallest absolute Gasteiger partial charge is 0.221 e. The molecular weight excluding hydrogens is 330 g/mol. The number of pyridine rings is 1. The molecule has 0 unspecified atom stereocenters. The van der Waals surface area contributed by atoms with Crippen molar-refractivity contribution >= 4 is 17.2 Å². The minimum Gasteiger partial charge on any atom is -0.345 e. The number of hydrogen-bond donors (Lipinski definition) is 1. The van der Waals surface area contributed by atoms with Gasteiger partial charge >= 0.3 is 0 Å². The van der Waals surface area contributed by atoms with Gasteiger partial charge in [0.1, 0.15) is 0 Å². The van der Waals surface area contributed by atoms with E-state index in [4.69, 9.17) is 0 Å². The van der Waals surface area contributed by atoms with Crippen LogP contribution in [0.4, 0.5) is 0 Å². The number of thiazole rings is 1. The van der Waals surface area contributed by atoms with Gasteiger partial charge in [0, 0.05) is 23.7 Å². The van der Waals surface area contributed by atoms with Crippen molar-refractivity contribution in [1.29, 1.82) is 0 Å². The Morgan fingerprint density at radius 2 is 1.76 bits per heavy atom. The summed E-state index contributed by atoms with van der Waals surface area (Å²) in [6, 6.07) is 12.0. The molecule has 1 aromatic carbocycles. The number of aromatic nitrogens is 2. The molecule has 0 saturated heterocycles. The van der Waals surface area contributed by atoms with Gasteiger partial charge < -0.3 is 5.32 Å². The standard InChI is InChI=1S/C20H21N3OS/c1-14-3-5-16(6-4-14)20(17-9-11-21-12-10-17)23-19(24)8-7-18-15(2)22-13-25-18/h3-6,9-13,20H,7-8H2,1-2H3,(H,23,24)/t20-/m1/s1. The lowest BCUT2D eigenvalue weighted by atomic mass is 9.98. The lowest BCUT2D eigenvalue weighted by molar-refractivity contribution is -0.121. The molecular formula is C20H21N3OS. The predicted molar refractivity (Wildman–Crippen MR) is 101 cm³/mol. The number of nitrogens with one attached hydrogen (secondary N) is 1. The van der Waals surface area contributed by atoms with Crippen molar-refractivity contribution < 1.29 is 4.79 Å². The number of amides is 1. The van der Waals surface area contributed by atoms with E-state index in [1.165, 1.54) is 10.4 Å². The topological polar surface area (TPSA) is 54.9 Å². The summed E-state index contributed by atoms with van der Waals surface area (Å²) < 4.78 is 0. The molecule has 2 heterocycles. The van der Waals surface area contributed by atoms with Crippen LogP contribution in [0.25, 0.3) is 0 Å². The van der Waals surface area contributed by atoms with Crippen LogP contribution in [-0.4, -0.2) is 15.9 Å².